The van der Waals surface area contributed by atoms with Crippen LogP contribution >= 0.6 is 11.3 Å². The molecule has 31 heavy (non-hydrogen) atoms. The molecule has 0 radical (unpaired) electrons. The number of thiazole rings is 1. The van der Waals surface area contributed by atoms with Crippen LogP contribution in [0, 0.1) is 0 Å². The van der Waals surface area contributed by atoms with Gasteiger partial charge in [-0.25, -0.2) is 4.98 Å². The van der Waals surface area contributed by atoms with E-state index in [1.165, 1.54) is 11.3 Å². The van der Waals surface area contributed by atoms with Crippen molar-refractivity contribution in [3.8, 4) is 10.6 Å². The number of hydrogen-bond donors (Lipinski definition) is 3. The molecule has 2 aromatic heterocycles. The molecule has 4 rings (SSSR count). The van der Waals surface area contributed by atoms with Gasteiger partial charge in [-0.1, -0.05) is 25.5 Å². The molecule has 3 heterocycles. The van der Waals surface area contributed by atoms with E-state index < -0.39 is 0 Å². The summed E-state index contributed by atoms with van der Waals surface area (Å²) in [5, 5.41) is 6.75. The third-order valence-electron chi connectivity index (χ3n) is 5.15. The van der Waals surface area contributed by atoms with Crippen LogP contribution in [0.4, 0.5) is 11.8 Å². The molecule has 1 aromatic carbocycles. The van der Waals surface area contributed by atoms with Gasteiger partial charge in [0.05, 0.1) is 23.4 Å². The third kappa shape index (κ3) is 4.86. The average molecular weight is 443 g/mol. The first-order valence-corrected chi connectivity index (χ1v) is 11.3. The summed E-state index contributed by atoms with van der Waals surface area (Å²) >= 11 is 1.46. The van der Waals surface area contributed by atoms with Gasteiger partial charge in [0.25, 0.3) is 5.56 Å². The first-order chi connectivity index (χ1) is 15.2. The molecule has 0 saturated carbocycles. The van der Waals surface area contributed by atoms with Crippen LogP contribution in [0.25, 0.3) is 20.8 Å². The van der Waals surface area contributed by atoms with Gasteiger partial charge in [0.2, 0.25) is 12.4 Å². The summed E-state index contributed by atoms with van der Waals surface area (Å²) in [5.41, 5.74) is 1.03. The molecule has 10 heteroatoms. The first-order valence-electron chi connectivity index (χ1n) is 10.5. The molecule has 0 aliphatic carbocycles. The van der Waals surface area contributed by atoms with E-state index in [9.17, 15) is 9.59 Å². The summed E-state index contributed by atoms with van der Waals surface area (Å²) in [6.07, 6.45) is 2.43. The molecule has 1 fully saturated rings. The molecule has 1 unspecified atom stereocenters. The normalized spacial score (nSPS) is 15.1. The molecule has 9 nitrogen and oxygen atoms in total. The maximum Gasteiger partial charge on any atom is 0.264 e. The van der Waals surface area contributed by atoms with E-state index in [0.29, 0.717) is 61.6 Å². The fourth-order valence-corrected chi connectivity index (χ4v) is 4.63. The fraction of sp³-hybridized carbons (Fsp3) is 0.429. The van der Waals surface area contributed by atoms with E-state index in [1.807, 2.05) is 29.2 Å². The number of hydrogen-bond acceptors (Lipinski definition) is 8. The van der Waals surface area contributed by atoms with Gasteiger partial charge >= 0.3 is 0 Å². The smallest absolute Gasteiger partial charge is 0.264 e. The van der Waals surface area contributed by atoms with Crippen LogP contribution in [0.3, 0.4) is 0 Å². The maximum atomic E-state index is 13.2. The van der Waals surface area contributed by atoms with Crippen molar-refractivity contribution in [3.63, 3.8) is 0 Å². The number of anilines is 2. The SMILES string of the molecule is CCCC(CNC=O)Nc1nc(N2CCOCC2)[nH]c(=O)c1-c1nc2ccccc2s1. The van der Waals surface area contributed by atoms with E-state index in [1.54, 1.807) is 0 Å². The Bertz CT molecular complexity index is 1060. The zero-order valence-electron chi connectivity index (χ0n) is 17.4. The molecule has 1 aliphatic heterocycles. The van der Waals surface area contributed by atoms with Crippen molar-refractivity contribution < 1.29 is 9.53 Å². The van der Waals surface area contributed by atoms with Crippen molar-refractivity contribution in [2.24, 2.45) is 0 Å². The maximum absolute atomic E-state index is 13.2. The number of fused-ring (bicyclic) bond motifs is 1. The number of rotatable bonds is 9. The van der Waals surface area contributed by atoms with Crippen LogP contribution in [-0.2, 0) is 9.53 Å². The van der Waals surface area contributed by atoms with Gasteiger partial charge in [-0.2, -0.15) is 4.98 Å². The molecule has 1 amide bonds. The summed E-state index contributed by atoms with van der Waals surface area (Å²) in [6.45, 7) is 5.02. The van der Waals surface area contributed by atoms with Crippen molar-refractivity contribution in [2.75, 3.05) is 43.1 Å². The minimum atomic E-state index is -0.239. The summed E-state index contributed by atoms with van der Waals surface area (Å²) in [7, 11) is 0. The van der Waals surface area contributed by atoms with E-state index >= 15 is 0 Å². The zero-order valence-corrected chi connectivity index (χ0v) is 18.2. The second-order valence-corrected chi connectivity index (χ2v) is 8.39. The van der Waals surface area contributed by atoms with Crippen LogP contribution in [0.1, 0.15) is 19.8 Å². The number of amides is 1. The van der Waals surface area contributed by atoms with Crippen LogP contribution in [0.2, 0.25) is 0 Å². The van der Waals surface area contributed by atoms with Crippen LogP contribution in [0.5, 0.6) is 0 Å². The number of nitrogens with one attached hydrogen (secondary N) is 3. The molecule has 0 bridgehead atoms. The summed E-state index contributed by atoms with van der Waals surface area (Å²) in [5.74, 6) is 0.995. The Morgan fingerprint density at radius 1 is 1.29 bits per heavy atom. The van der Waals surface area contributed by atoms with Crippen molar-refractivity contribution >= 4 is 39.7 Å². The average Bonchev–Trinajstić information content (AvgIpc) is 3.21. The fourth-order valence-electron chi connectivity index (χ4n) is 3.63. The number of morpholine rings is 1. The third-order valence-corrected chi connectivity index (χ3v) is 6.20. The Balaban J connectivity index is 1.77. The number of carbonyl (C=O) groups is 1. The predicted octanol–water partition coefficient (Wildman–Crippen LogP) is 2.21. The van der Waals surface area contributed by atoms with Crippen LogP contribution < -0.4 is 21.1 Å². The van der Waals surface area contributed by atoms with Crippen molar-refractivity contribution in [2.45, 2.75) is 25.8 Å². The Labute approximate surface area is 183 Å². The topological polar surface area (TPSA) is 112 Å². The highest BCUT2D eigenvalue weighted by atomic mass is 32.1. The van der Waals surface area contributed by atoms with Gasteiger partial charge in [-0.05, 0) is 18.6 Å². The van der Waals surface area contributed by atoms with Gasteiger partial charge in [-0.3, -0.25) is 14.6 Å². The number of H-pyrrole nitrogens is 1. The highest BCUT2D eigenvalue weighted by Crippen LogP contribution is 2.32. The molecule has 3 N–H and O–H groups in total. The summed E-state index contributed by atoms with van der Waals surface area (Å²) in [6, 6.07) is 7.74. The van der Waals surface area contributed by atoms with Crippen LogP contribution in [-0.4, -0.2) is 60.3 Å². The molecule has 1 aliphatic rings. The molecule has 3 aromatic rings. The highest BCUT2D eigenvalue weighted by Gasteiger charge is 2.22. The standard InChI is InChI=1S/C21H26N6O3S/c1-2-5-14(12-22-13-28)23-18-17(20-24-15-6-3-4-7-16(15)31-20)19(29)26-21(25-18)27-8-10-30-11-9-27/h3-4,6-7,13-14H,2,5,8-12H2,1H3,(H,22,28)(H2,23,25,26,29). The number of para-hydroxylation sites is 1. The van der Waals surface area contributed by atoms with E-state index in [2.05, 4.69) is 27.5 Å². The number of aromatic nitrogens is 3. The van der Waals surface area contributed by atoms with Crippen molar-refractivity contribution in [3.05, 3.63) is 34.6 Å². The molecule has 1 saturated heterocycles. The molecular formula is C21H26N6O3S. The Kier molecular flexibility index (Phi) is 6.78. The first kappa shape index (κ1) is 21.3. The largest absolute Gasteiger partial charge is 0.378 e. The van der Waals surface area contributed by atoms with E-state index in [0.717, 1.165) is 23.1 Å². The Hall–Kier alpha value is -2.98. The second kappa shape index (κ2) is 9.88. The van der Waals surface area contributed by atoms with Crippen molar-refractivity contribution in [1.82, 2.24) is 20.3 Å². The monoisotopic (exact) mass is 442 g/mol. The molecule has 1 atom stereocenters. The summed E-state index contributed by atoms with van der Waals surface area (Å²) < 4.78 is 6.43. The Morgan fingerprint density at radius 3 is 2.84 bits per heavy atom. The lowest BCUT2D eigenvalue weighted by atomic mass is 10.1. The van der Waals surface area contributed by atoms with Gasteiger partial charge < -0.3 is 20.3 Å². The van der Waals surface area contributed by atoms with Gasteiger partial charge in [0.15, 0.2) is 0 Å². The molecule has 164 valence electrons. The van der Waals surface area contributed by atoms with Crippen molar-refractivity contribution in [1.29, 1.82) is 0 Å². The lowest BCUT2D eigenvalue weighted by Crippen LogP contribution is -2.39. The van der Waals surface area contributed by atoms with Crippen LogP contribution in [0.15, 0.2) is 29.1 Å². The number of nitrogens with zero attached hydrogens (tertiary/aromatic N) is 3. The predicted molar refractivity (Wildman–Crippen MR) is 123 cm³/mol. The van der Waals surface area contributed by atoms with E-state index in [-0.39, 0.29) is 11.6 Å². The number of benzene rings is 1. The quantitative estimate of drug-likeness (QED) is 0.436. The van der Waals surface area contributed by atoms with E-state index in [4.69, 9.17) is 9.72 Å². The van der Waals surface area contributed by atoms with Gasteiger partial charge in [0, 0.05) is 25.7 Å². The Morgan fingerprint density at radius 2 is 2.10 bits per heavy atom. The lowest BCUT2D eigenvalue weighted by molar-refractivity contribution is -0.109. The molecular weight excluding hydrogens is 416 g/mol. The zero-order chi connectivity index (χ0) is 21.6. The number of carbonyl (C=O) groups excluding carboxylic acids is 1. The lowest BCUT2D eigenvalue weighted by Gasteiger charge is -2.28. The minimum absolute atomic E-state index is 0.0600. The molecule has 0 spiro atoms. The number of ether oxygens (including phenoxy) is 1. The summed E-state index contributed by atoms with van der Waals surface area (Å²) in [4.78, 5) is 38.5. The van der Waals surface area contributed by atoms with Gasteiger partial charge in [0.1, 0.15) is 16.4 Å². The number of aromatic amines is 1. The minimum Gasteiger partial charge on any atom is -0.378 e. The highest BCUT2D eigenvalue weighted by molar-refractivity contribution is 7.21. The second-order valence-electron chi connectivity index (χ2n) is 7.36. The van der Waals surface area contributed by atoms with Gasteiger partial charge in [-0.15, -0.1) is 11.3 Å².